The van der Waals surface area contributed by atoms with Crippen LogP contribution in [0, 0.1) is 9.39 Å². The monoisotopic (exact) mass is 344 g/mol. The Morgan fingerprint density at radius 1 is 1.67 bits per heavy atom. The topological polar surface area (TPSA) is 29.5 Å². The van der Waals surface area contributed by atoms with Gasteiger partial charge < -0.3 is 9.84 Å². The lowest BCUT2D eigenvalue weighted by molar-refractivity contribution is 0.191. The third-order valence-electron chi connectivity index (χ3n) is 1.88. The van der Waals surface area contributed by atoms with Gasteiger partial charge in [0.15, 0.2) is 5.82 Å². The molecule has 0 bridgehead atoms. The summed E-state index contributed by atoms with van der Waals surface area (Å²) in [6.45, 7) is 3.80. The van der Waals surface area contributed by atoms with Crippen molar-refractivity contribution < 1.29 is 14.2 Å². The maximum Gasteiger partial charge on any atom is 0.158 e. The van der Waals surface area contributed by atoms with E-state index in [0.29, 0.717) is 21.5 Å². The van der Waals surface area contributed by atoms with Gasteiger partial charge >= 0.3 is 0 Å². The van der Waals surface area contributed by atoms with Crippen LogP contribution < -0.4 is 4.74 Å². The van der Waals surface area contributed by atoms with Crippen LogP contribution in [-0.2, 0) is 0 Å². The Kier molecular flexibility index (Phi) is 4.61. The lowest BCUT2D eigenvalue weighted by atomic mass is 10.1. The Balaban J connectivity index is 3.36. The van der Waals surface area contributed by atoms with Gasteiger partial charge in [-0.2, -0.15) is 0 Å². The third-order valence-corrected chi connectivity index (χ3v) is 3.12. The average molecular weight is 345 g/mol. The fourth-order valence-corrected chi connectivity index (χ4v) is 2.33. The molecule has 0 amide bonds. The van der Waals surface area contributed by atoms with Gasteiger partial charge in [0.05, 0.1) is 21.3 Å². The zero-order chi connectivity index (χ0) is 11.6. The number of hydrogen-bond donors (Lipinski definition) is 1. The van der Waals surface area contributed by atoms with E-state index in [4.69, 9.17) is 16.3 Å². The van der Waals surface area contributed by atoms with E-state index >= 15 is 0 Å². The minimum Gasteiger partial charge on any atom is -0.492 e. The molecule has 1 rings (SSSR count). The smallest absolute Gasteiger partial charge is 0.158 e. The molecule has 0 heterocycles. The predicted octanol–water partition coefficient (Wildman–Crippen LogP) is 3.54. The maximum absolute atomic E-state index is 13.5. The molecule has 0 radical (unpaired) electrons. The second-order valence-electron chi connectivity index (χ2n) is 3.01. The summed E-state index contributed by atoms with van der Waals surface area (Å²) in [7, 11) is 0. The van der Waals surface area contributed by atoms with E-state index in [2.05, 4.69) is 0 Å². The van der Waals surface area contributed by atoms with Gasteiger partial charge in [0.1, 0.15) is 5.75 Å². The van der Waals surface area contributed by atoms with Crippen LogP contribution in [0.2, 0.25) is 5.02 Å². The first-order valence-corrected chi connectivity index (χ1v) is 5.93. The quantitative estimate of drug-likeness (QED) is 0.671. The molecule has 5 heteroatoms. The van der Waals surface area contributed by atoms with Gasteiger partial charge in [-0.05, 0) is 42.5 Å². The lowest BCUT2D eigenvalue weighted by Crippen LogP contribution is -2.04. The van der Waals surface area contributed by atoms with Gasteiger partial charge in [0.2, 0.25) is 0 Å². The number of hydrogen-bond acceptors (Lipinski definition) is 2. The maximum atomic E-state index is 13.5. The fourth-order valence-electron chi connectivity index (χ4n) is 1.20. The molecule has 84 valence electrons. The van der Waals surface area contributed by atoms with E-state index in [1.165, 1.54) is 6.07 Å². The Morgan fingerprint density at radius 2 is 2.27 bits per heavy atom. The molecule has 2 nitrogen and oxygen atoms in total. The summed E-state index contributed by atoms with van der Waals surface area (Å²) in [5.74, 6) is -0.139. The van der Waals surface area contributed by atoms with Crippen molar-refractivity contribution >= 4 is 34.2 Å². The summed E-state index contributed by atoms with van der Waals surface area (Å²) in [4.78, 5) is 0. The number of ether oxygens (including phenoxy) is 1. The summed E-state index contributed by atoms with van der Waals surface area (Å²) in [5, 5.41) is 9.51. The van der Waals surface area contributed by atoms with Gasteiger partial charge in [0, 0.05) is 5.56 Å². The summed E-state index contributed by atoms with van der Waals surface area (Å²) in [5.41, 5.74) is 0.507. The normalized spacial score (nSPS) is 12.7. The molecular formula is C10H11ClFIO2. The largest absolute Gasteiger partial charge is 0.492 e. The number of rotatable bonds is 3. The zero-order valence-corrected chi connectivity index (χ0v) is 11.3. The molecule has 0 aliphatic rings. The summed E-state index contributed by atoms with van der Waals surface area (Å²) in [6, 6.07) is 1.40. The molecular weight excluding hydrogens is 333 g/mol. The second kappa shape index (κ2) is 5.32. The lowest BCUT2D eigenvalue weighted by Gasteiger charge is -2.15. The van der Waals surface area contributed by atoms with Crippen LogP contribution in [0.1, 0.15) is 25.5 Å². The molecule has 1 N–H and O–H groups in total. The molecule has 0 saturated heterocycles. The summed E-state index contributed by atoms with van der Waals surface area (Å²) < 4.78 is 19.1. The molecule has 0 aliphatic carbocycles. The van der Waals surface area contributed by atoms with Crippen LogP contribution in [-0.4, -0.2) is 11.7 Å². The van der Waals surface area contributed by atoms with Crippen molar-refractivity contribution in [3.63, 3.8) is 0 Å². The molecule has 0 saturated carbocycles. The van der Waals surface area contributed by atoms with Crippen molar-refractivity contribution in [2.45, 2.75) is 20.0 Å². The highest BCUT2D eigenvalue weighted by Gasteiger charge is 2.19. The Morgan fingerprint density at radius 3 is 2.73 bits per heavy atom. The Hall–Kier alpha value is -0.0700. The number of aliphatic hydroxyl groups excluding tert-OH is 1. The van der Waals surface area contributed by atoms with Gasteiger partial charge in [-0.15, -0.1) is 0 Å². The van der Waals surface area contributed by atoms with Crippen molar-refractivity contribution in [1.29, 1.82) is 0 Å². The molecule has 0 fully saturated rings. The predicted molar refractivity (Wildman–Crippen MR) is 65.9 cm³/mol. The van der Waals surface area contributed by atoms with E-state index < -0.39 is 11.9 Å². The standard InChI is InChI=1S/C10H11ClFIO2/c1-3-15-10-6(5(2)14)4-7(11)8(12)9(10)13/h4-5,14H,3H2,1-2H3. The zero-order valence-electron chi connectivity index (χ0n) is 8.35. The SMILES string of the molecule is CCOc1c(C(C)O)cc(Cl)c(F)c1I. The minimum absolute atomic E-state index is 0.00115. The number of aliphatic hydroxyl groups is 1. The van der Waals surface area contributed by atoms with Crippen LogP contribution >= 0.6 is 34.2 Å². The molecule has 15 heavy (non-hydrogen) atoms. The van der Waals surface area contributed by atoms with Crippen molar-refractivity contribution in [2.24, 2.45) is 0 Å². The Bertz CT molecular complexity index is 369. The molecule has 0 aliphatic heterocycles. The van der Waals surface area contributed by atoms with Crippen LogP contribution in [0.4, 0.5) is 4.39 Å². The minimum atomic E-state index is -0.738. The van der Waals surface area contributed by atoms with E-state index in [-0.39, 0.29) is 5.02 Å². The first kappa shape index (κ1) is 13.0. The van der Waals surface area contributed by atoms with Crippen LogP contribution in [0.15, 0.2) is 6.07 Å². The van der Waals surface area contributed by atoms with Gasteiger partial charge in [-0.25, -0.2) is 4.39 Å². The number of halogens is 3. The molecule has 1 unspecified atom stereocenters. The first-order valence-electron chi connectivity index (χ1n) is 4.47. The summed E-state index contributed by atoms with van der Waals surface area (Å²) in [6.07, 6.45) is -0.738. The summed E-state index contributed by atoms with van der Waals surface area (Å²) >= 11 is 7.51. The molecule has 0 aromatic heterocycles. The highest BCUT2D eigenvalue weighted by atomic mass is 127. The highest BCUT2D eigenvalue weighted by molar-refractivity contribution is 14.1. The van der Waals surface area contributed by atoms with Crippen LogP contribution in [0.25, 0.3) is 0 Å². The third kappa shape index (κ3) is 2.73. The van der Waals surface area contributed by atoms with Crippen molar-refractivity contribution in [3.05, 3.63) is 26.0 Å². The van der Waals surface area contributed by atoms with Gasteiger partial charge in [0.25, 0.3) is 0 Å². The Labute approximate surface area is 107 Å². The van der Waals surface area contributed by atoms with Crippen LogP contribution in [0.5, 0.6) is 5.75 Å². The molecule has 1 atom stereocenters. The van der Waals surface area contributed by atoms with E-state index in [0.717, 1.165) is 0 Å². The fraction of sp³-hybridized carbons (Fsp3) is 0.400. The average Bonchev–Trinajstić information content (AvgIpc) is 2.18. The van der Waals surface area contributed by atoms with E-state index in [9.17, 15) is 9.50 Å². The molecule has 0 spiro atoms. The van der Waals surface area contributed by atoms with Gasteiger partial charge in [-0.3, -0.25) is 0 Å². The molecule has 1 aromatic carbocycles. The van der Waals surface area contributed by atoms with Crippen molar-refractivity contribution in [3.8, 4) is 5.75 Å². The second-order valence-corrected chi connectivity index (χ2v) is 4.50. The van der Waals surface area contributed by atoms with Crippen molar-refractivity contribution in [2.75, 3.05) is 6.61 Å². The van der Waals surface area contributed by atoms with Crippen molar-refractivity contribution in [1.82, 2.24) is 0 Å². The van der Waals surface area contributed by atoms with E-state index in [1.54, 1.807) is 13.8 Å². The number of benzene rings is 1. The van der Waals surface area contributed by atoms with Gasteiger partial charge in [-0.1, -0.05) is 11.6 Å². The first-order chi connectivity index (χ1) is 6.99. The van der Waals surface area contributed by atoms with Crippen LogP contribution in [0.3, 0.4) is 0 Å². The molecule has 1 aromatic rings. The highest BCUT2D eigenvalue weighted by Crippen LogP contribution is 2.36. The van der Waals surface area contributed by atoms with E-state index in [1.807, 2.05) is 22.6 Å².